The van der Waals surface area contributed by atoms with Crippen molar-refractivity contribution in [2.24, 2.45) is 0 Å². The number of carbonyl (C=O) groups excluding carboxylic acids is 2. The summed E-state index contributed by atoms with van der Waals surface area (Å²) in [5.41, 5.74) is 0.514. The molecule has 0 saturated carbocycles. The quantitative estimate of drug-likeness (QED) is 0.746. The largest absolute Gasteiger partial charge is 0.469 e. The molecular weight excluding hydrogens is 218 g/mol. The number of aryl methyl sites for hydroxylation is 1. The third-order valence-electron chi connectivity index (χ3n) is 2.96. The first-order chi connectivity index (χ1) is 8.09. The maximum absolute atomic E-state index is 11.7. The lowest BCUT2D eigenvalue weighted by atomic mass is 10.1. The highest BCUT2D eigenvalue weighted by Gasteiger charge is 2.31. The first-order valence-electron chi connectivity index (χ1n) is 5.68. The van der Waals surface area contributed by atoms with Crippen molar-refractivity contribution in [2.45, 2.75) is 32.7 Å². The maximum Gasteiger partial charge on any atom is 0.256 e. The zero-order chi connectivity index (χ0) is 12.4. The van der Waals surface area contributed by atoms with Crippen molar-refractivity contribution >= 4 is 11.8 Å². The number of carbonyl (C=O) groups is 2. The average Bonchev–Trinajstić information content (AvgIpc) is 2.86. The Morgan fingerprint density at radius 3 is 2.71 bits per heavy atom. The Morgan fingerprint density at radius 1 is 1.41 bits per heavy atom. The van der Waals surface area contributed by atoms with Gasteiger partial charge < -0.3 is 4.42 Å². The first-order valence-corrected chi connectivity index (χ1v) is 5.68. The van der Waals surface area contributed by atoms with Crippen molar-refractivity contribution in [2.75, 3.05) is 0 Å². The summed E-state index contributed by atoms with van der Waals surface area (Å²) < 4.78 is 5.22. The van der Waals surface area contributed by atoms with Crippen LogP contribution in [0.2, 0.25) is 0 Å². The molecule has 2 amide bonds. The van der Waals surface area contributed by atoms with Gasteiger partial charge in [0.05, 0.1) is 6.26 Å². The second-order valence-electron chi connectivity index (χ2n) is 4.31. The Bertz CT molecular complexity index is 459. The Hall–Kier alpha value is -1.84. The number of rotatable bonds is 4. The van der Waals surface area contributed by atoms with E-state index in [9.17, 15) is 9.59 Å². The molecule has 0 N–H and O–H groups in total. The number of amides is 2. The maximum atomic E-state index is 11.7. The molecule has 1 aromatic heterocycles. The van der Waals surface area contributed by atoms with Crippen LogP contribution in [0.15, 0.2) is 34.5 Å². The second kappa shape index (κ2) is 4.57. The van der Waals surface area contributed by atoms with Crippen LogP contribution in [0.5, 0.6) is 0 Å². The van der Waals surface area contributed by atoms with Crippen molar-refractivity contribution < 1.29 is 14.0 Å². The van der Waals surface area contributed by atoms with Gasteiger partial charge in [0.25, 0.3) is 11.8 Å². The lowest BCUT2D eigenvalue weighted by Crippen LogP contribution is -2.39. The number of nitrogens with zero attached hydrogens (tertiary/aromatic N) is 1. The molecule has 4 heteroatoms. The van der Waals surface area contributed by atoms with Gasteiger partial charge >= 0.3 is 0 Å². The summed E-state index contributed by atoms with van der Waals surface area (Å²) in [4.78, 5) is 24.7. The van der Waals surface area contributed by atoms with E-state index in [0.717, 1.165) is 12.2 Å². The molecule has 0 bridgehead atoms. The van der Waals surface area contributed by atoms with E-state index in [1.54, 1.807) is 13.2 Å². The van der Waals surface area contributed by atoms with Gasteiger partial charge in [0.15, 0.2) is 0 Å². The Kier molecular flexibility index (Phi) is 3.13. The molecule has 0 aromatic carbocycles. The molecule has 2 rings (SSSR count). The molecular formula is C13H15NO3. The molecule has 1 atom stereocenters. The van der Waals surface area contributed by atoms with Crippen molar-refractivity contribution in [1.29, 1.82) is 0 Å². The van der Waals surface area contributed by atoms with Crippen LogP contribution in [0.25, 0.3) is 0 Å². The summed E-state index contributed by atoms with van der Waals surface area (Å²) in [5, 5.41) is 0. The third-order valence-corrected chi connectivity index (χ3v) is 2.96. The van der Waals surface area contributed by atoms with Crippen LogP contribution >= 0.6 is 0 Å². The van der Waals surface area contributed by atoms with E-state index >= 15 is 0 Å². The Labute approximate surface area is 99.9 Å². The monoisotopic (exact) mass is 233 g/mol. The normalized spacial score (nSPS) is 17.5. The lowest BCUT2D eigenvalue weighted by molar-refractivity contribution is -0.139. The Balaban J connectivity index is 1.95. The van der Waals surface area contributed by atoms with Gasteiger partial charge in [-0.1, -0.05) is 0 Å². The van der Waals surface area contributed by atoms with Crippen molar-refractivity contribution in [3.05, 3.63) is 35.8 Å². The molecule has 90 valence electrons. The molecule has 4 nitrogen and oxygen atoms in total. The van der Waals surface area contributed by atoms with E-state index in [1.807, 2.05) is 19.1 Å². The molecule has 0 radical (unpaired) electrons. The smallest absolute Gasteiger partial charge is 0.256 e. The number of hydrogen-bond donors (Lipinski definition) is 0. The number of imide groups is 1. The van der Waals surface area contributed by atoms with Crippen LogP contribution in [-0.2, 0) is 16.0 Å². The van der Waals surface area contributed by atoms with Gasteiger partial charge in [-0.05, 0) is 32.4 Å². The van der Waals surface area contributed by atoms with E-state index in [1.165, 1.54) is 11.0 Å². The number of hydrogen-bond acceptors (Lipinski definition) is 3. The first kappa shape index (κ1) is 11.6. The van der Waals surface area contributed by atoms with E-state index in [-0.39, 0.29) is 17.9 Å². The molecule has 2 heterocycles. The van der Waals surface area contributed by atoms with Crippen LogP contribution < -0.4 is 0 Å². The number of furan rings is 1. The molecule has 17 heavy (non-hydrogen) atoms. The fourth-order valence-corrected chi connectivity index (χ4v) is 1.96. The average molecular weight is 233 g/mol. The van der Waals surface area contributed by atoms with Gasteiger partial charge in [-0.25, -0.2) is 0 Å². The minimum Gasteiger partial charge on any atom is -0.469 e. The summed E-state index contributed by atoms with van der Waals surface area (Å²) in [5.74, 6) is 0.488. The van der Waals surface area contributed by atoms with E-state index in [2.05, 4.69) is 0 Å². The van der Waals surface area contributed by atoms with E-state index < -0.39 is 0 Å². The Morgan fingerprint density at radius 2 is 2.18 bits per heavy atom. The predicted octanol–water partition coefficient (Wildman–Crippen LogP) is 1.92. The van der Waals surface area contributed by atoms with Crippen LogP contribution in [0.1, 0.15) is 26.0 Å². The summed E-state index contributed by atoms with van der Waals surface area (Å²) in [7, 11) is 0. The molecule has 1 aliphatic rings. The minimum atomic E-state index is -0.209. The lowest BCUT2D eigenvalue weighted by Gasteiger charge is -2.22. The van der Waals surface area contributed by atoms with Gasteiger partial charge in [0, 0.05) is 24.1 Å². The zero-order valence-corrected chi connectivity index (χ0v) is 9.97. The van der Waals surface area contributed by atoms with Gasteiger partial charge in [-0.2, -0.15) is 0 Å². The highest BCUT2D eigenvalue weighted by molar-refractivity contribution is 6.16. The minimum absolute atomic E-state index is 0.103. The highest BCUT2D eigenvalue weighted by Crippen LogP contribution is 2.18. The van der Waals surface area contributed by atoms with Crippen LogP contribution in [0.4, 0.5) is 0 Å². The third kappa shape index (κ3) is 2.30. The molecule has 1 unspecified atom stereocenters. The fraction of sp³-hybridized carbons (Fsp3) is 0.385. The van der Waals surface area contributed by atoms with Crippen LogP contribution in [0, 0.1) is 0 Å². The van der Waals surface area contributed by atoms with Crippen molar-refractivity contribution in [3.63, 3.8) is 0 Å². The summed E-state index contributed by atoms with van der Waals surface area (Å²) in [6, 6.07) is 3.62. The molecule has 0 aliphatic carbocycles. The van der Waals surface area contributed by atoms with Gasteiger partial charge in [-0.15, -0.1) is 0 Å². The molecule has 0 saturated heterocycles. The van der Waals surface area contributed by atoms with Gasteiger partial charge in [0.2, 0.25) is 0 Å². The standard InChI is InChI=1S/C13H15NO3/c1-9-8-12(15)14(13(9)16)10(2)5-6-11-4-3-7-17-11/h3-4,7-8,10H,5-6H2,1-2H3. The van der Waals surface area contributed by atoms with Crippen LogP contribution in [-0.4, -0.2) is 22.8 Å². The fourth-order valence-electron chi connectivity index (χ4n) is 1.96. The second-order valence-corrected chi connectivity index (χ2v) is 4.31. The van der Waals surface area contributed by atoms with Gasteiger partial charge in [0.1, 0.15) is 5.76 Å². The highest BCUT2D eigenvalue weighted by atomic mass is 16.3. The summed E-state index contributed by atoms with van der Waals surface area (Å²) in [6.07, 6.45) is 4.46. The predicted molar refractivity (Wildman–Crippen MR) is 62.1 cm³/mol. The van der Waals surface area contributed by atoms with E-state index in [0.29, 0.717) is 12.0 Å². The van der Waals surface area contributed by atoms with E-state index in [4.69, 9.17) is 4.42 Å². The van der Waals surface area contributed by atoms with Crippen molar-refractivity contribution in [3.8, 4) is 0 Å². The van der Waals surface area contributed by atoms with Crippen LogP contribution in [0.3, 0.4) is 0 Å². The topological polar surface area (TPSA) is 50.5 Å². The molecule has 0 fully saturated rings. The summed E-state index contributed by atoms with van der Waals surface area (Å²) in [6.45, 7) is 3.55. The molecule has 1 aromatic rings. The molecule has 1 aliphatic heterocycles. The SMILES string of the molecule is CC1=CC(=O)N(C(C)CCc2ccco2)C1=O. The summed E-state index contributed by atoms with van der Waals surface area (Å²) >= 11 is 0. The molecule has 0 spiro atoms. The van der Waals surface area contributed by atoms with Crippen molar-refractivity contribution in [1.82, 2.24) is 4.90 Å². The zero-order valence-electron chi connectivity index (χ0n) is 9.97. The van der Waals surface area contributed by atoms with Gasteiger partial charge in [-0.3, -0.25) is 14.5 Å².